The van der Waals surface area contributed by atoms with Gasteiger partial charge in [0.25, 0.3) is 0 Å². The van der Waals surface area contributed by atoms with Crippen molar-refractivity contribution in [3.8, 4) is 0 Å². The first-order chi connectivity index (χ1) is 10.5. The maximum Gasteiger partial charge on any atom is 0.318 e. The van der Waals surface area contributed by atoms with Gasteiger partial charge in [-0.25, -0.2) is 4.79 Å². The van der Waals surface area contributed by atoms with Gasteiger partial charge in [0.05, 0.1) is 24.2 Å². The number of morpholine rings is 1. The van der Waals surface area contributed by atoms with Gasteiger partial charge >= 0.3 is 6.03 Å². The molecule has 6 heteroatoms. The Bertz CT molecular complexity index is 510. The summed E-state index contributed by atoms with van der Waals surface area (Å²) in [6, 6.07) is 7.70. The van der Waals surface area contributed by atoms with Crippen LogP contribution in [0.1, 0.15) is 19.4 Å². The van der Waals surface area contributed by atoms with Gasteiger partial charge in [0, 0.05) is 13.1 Å². The van der Waals surface area contributed by atoms with Gasteiger partial charge in [-0.05, 0) is 25.8 Å². The molecule has 0 unspecified atom stereocenters. The quantitative estimate of drug-likeness (QED) is 0.859. The molecule has 1 saturated heterocycles. The smallest absolute Gasteiger partial charge is 0.318 e. The Balaban J connectivity index is 1.98. The number of carbonyl (C=O) groups excluding carboxylic acids is 2. The van der Waals surface area contributed by atoms with Crippen LogP contribution in [0.4, 0.5) is 4.79 Å². The molecule has 0 saturated carbocycles. The number of hydrogen-bond donors (Lipinski definition) is 1. The molecule has 1 aromatic rings. The molecule has 1 aromatic carbocycles. The number of nitrogens with zero attached hydrogens (tertiary/aromatic N) is 1. The minimum absolute atomic E-state index is 0.0648. The molecule has 2 amide bonds. The van der Waals surface area contributed by atoms with Gasteiger partial charge < -0.3 is 24.9 Å². The Labute approximate surface area is 130 Å². The maximum atomic E-state index is 12.3. The van der Waals surface area contributed by atoms with Gasteiger partial charge in [-0.15, -0.1) is 0 Å². The molecule has 0 radical (unpaired) electrons. The van der Waals surface area contributed by atoms with Crippen molar-refractivity contribution in [3.05, 3.63) is 35.9 Å². The van der Waals surface area contributed by atoms with Crippen LogP contribution in [0.2, 0.25) is 0 Å². The van der Waals surface area contributed by atoms with Crippen molar-refractivity contribution in [1.82, 2.24) is 10.2 Å². The first kappa shape index (κ1) is 16.3. The highest BCUT2D eigenvalue weighted by molar-refractivity contribution is 5.82. The molecule has 1 N–H and O–H groups in total. The average Bonchev–Trinajstić information content (AvgIpc) is 2.46. The fourth-order valence-corrected chi connectivity index (χ4v) is 2.63. The number of carbonyl (C=O) groups is 2. The molecule has 3 atom stereocenters. The summed E-state index contributed by atoms with van der Waals surface area (Å²) >= 11 is 0. The first-order valence-electron chi connectivity index (χ1n) is 7.41. The summed E-state index contributed by atoms with van der Waals surface area (Å²) < 4.78 is 5.56. The van der Waals surface area contributed by atoms with Gasteiger partial charge in [-0.1, -0.05) is 30.3 Å². The van der Waals surface area contributed by atoms with Crippen LogP contribution in [0.3, 0.4) is 0 Å². The molecule has 6 nitrogen and oxygen atoms in total. The lowest BCUT2D eigenvalue weighted by Crippen LogP contribution is -2.57. The summed E-state index contributed by atoms with van der Waals surface area (Å²) in [4.78, 5) is 25.1. The summed E-state index contributed by atoms with van der Waals surface area (Å²) in [5.74, 6) is -1.29. The zero-order valence-corrected chi connectivity index (χ0v) is 12.8. The van der Waals surface area contributed by atoms with E-state index in [4.69, 9.17) is 4.74 Å². The number of nitrogens with one attached hydrogen (secondary N) is 1. The molecule has 0 aliphatic carbocycles. The van der Waals surface area contributed by atoms with E-state index in [9.17, 15) is 14.7 Å². The third kappa shape index (κ3) is 4.46. The topological polar surface area (TPSA) is 81.7 Å². The van der Waals surface area contributed by atoms with Crippen molar-refractivity contribution in [2.45, 2.75) is 38.5 Å². The molecule has 0 aromatic heterocycles. The van der Waals surface area contributed by atoms with Crippen LogP contribution in [-0.4, -0.2) is 48.2 Å². The SMILES string of the molecule is C[C@@H]1CN(C(=O)N[C@@H](Cc2ccccc2)C(=O)[O-])C[C@@H](C)O1. The van der Waals surface area contributed by atoms with Crippen LogP contribution in [0.15, 0.2) is 30.3 Å². The number of rotatable bonds is 4. The van der Waals surface area contributed by atoms with Crippen molar-refractivity contribution in [2.24, 2.45) is 0 Å². The number of aliphatic carboxylic acids is 1. The molecular weight excluding hydrogens is 284 g/mol. The van der Waals surface area contributed by atoms with E-state index in [1.807, 2.05) is 44.2 Å². The Hall–Kier alpha value is -2.08. The lowest BCUT2D eigenvalue weighted by molar-refractivity contribution is -0.308. The van der Waals surface area contributed by atoms with E-state index in [0.29, 0.717) is 13.1 Å². The van der Waals surface area contributed by atoms with Crippen LogP contribution in [0.5, 0.6) is 0 Å². The first-order valence-corrected chi connectivity index (χ1v) is 7.41. The number of carboxylic acid groups (broad SMARTS) is 1. The second kappa shape index (κ2) is 7.26. The number of ether oxygens (including phenoxy) is 1. The second-order valence-electron chi connectivity index (χ2n) is 5.67. The molecule has 2 rings (SSSR count). The molecule has 1 aliphatic rings. The third-order valence-electron chi connectivity index (χ3n) is 3.57. The summed E-state index contributed by atoms with van der Waals surface area (Å²) in [5.41, 5.74) is 0.834. The number of benzene rings is 1. The Morgan fingerprint density at radius 1 is 1.27 bits per heavy atom. The van der Waals surface area contributed by atoms with Crippen molar-refractivity contribution < 1.29 is 19.4 Å². The van der Waals surface area contributed by atoms with Crippen LogP contribution >= 0.6 is 0 Å². The van der Waals surface area contributed by atoms with E-state index >= 15 is 0 Å². The molecule has 22 heavy (non-hydrogen) atoms. The minimum Gasteiger partial charge on any atom is -0.548 e. The summed E-state index contributed by atoms with van der Waals surface area (Å²) in [6.07, 6.45) is 0.0692. The number of urea groups is 1. The zero-order valence-electron chi connectivity index (χ0n) is 12.8. The average molecular weight is 305 g/mol. The van der Waals surface area contributed by atoms with Gasteiger partial charge in [0.15, 0.2) is 0 Å². The maximum absolute atomic E-state index is 12.3. The van der Waals surface area contributed by atoms with Crippen LogP contribution in [0, 0.1) is 0 Å². The van der Waals surface area contributed by atoms with Crippen molar-refractivity contribution in [1.29, 1.82) is 0 Å². The molecular formula is C16H21N2O4-. The fraction of sp³-hybridized carbons (Fsp3) is 0.500. The molecule has 0 spiro atoms. The van der Waals surface area contributed by atoms with Gasteiger partial charge in [-0.2, -0.15) is 0 Å². The third-order valence-corrected chi connectivity index (χ3v) is 3.57. The van der Waals surface area contributed by atoms with Gasteiger partial charge in [-0.3, -0.25) is 0 Å². The number of amides is 2. The van der Waals surface area contributed by atoms with Gasteiger partial charge in [0.1, 0.15) is 0 Å². The van der Waals surface area contributed by atoms with Gasteiger partial charge in [0.2, 0.25) is 0 Å². The van der Waals surface area contributed by atoms with Crippen molar-refractivity contribution in [2.75, 3.05) is 13.1 Å². The summed E-state index contributed by atoms with van der Waals surface area (Å²) in [7, 11) is 0. The van der Waals surface area contributed by atoms with E-state index in [1.165, 1.54) is 0 Å². The van der Waals surface area contributed by atoms with Crippen LogP contribution in [0.25, 0.3) is 0 Å². The molecule has 1 aliphatic heterocycles. The Morgan fingerprint density at radius 3 is 2.41 bits per heavy atom. The monoisotopic (exact) mass is 305 g/mol. The fourth-order valence-electron chi connectivity index (χ4n) is 2.63. The molecule has 0 bridgehead atoms. The molecule has 1 fully saturated rings. The number of hydrogen-bond acceptors (Lipinski definition) is 4. The molecule has 120 valence electrons. The number of carboxylic acids is 1. The van der Waals surface area contributed by atoms with Crippen molar-refractivity contribution in [3.63, 3.8) is 0 Å². The normalized spacial score (nSPS) is 22.9. The van der Waals surface area contributed by atoms with Crippen molar-refractivity contribution >= 4 is 12.0 Å². The lowest BCUT2D eigenvalue weighted by Gasteiger charge is -2.36. The predicted octanol–water partition coefficient (Wildman–Crippen LogP) is 0.166. The van der Waals surface area contributed by atoms with E-state index in [2.05, 4.69) is 5.32 Å². The van der Waals surface area contributed by atoms with E-state index in [1.54, 1.807) is 4.90 Å². The zero-order chi connectivity index (χ0) is 16.1. The van der Waals surface area contributed by atoms with E-state index in [-0.39, 0.29) is 18.6 Å². The Kier molecular flexibility index (Phi) is 5.38. The highest BCUT2D eigenvalue weighted by Crippen LogP contribution is 2.11. The van der Waals surface area contributed by atoms with Crippen LogP contribution < -0.4 is 10.4 Å². The Morgan fingerprint density at radius 2 is 1.86 bits per heavy atom. The minimum atomic E-state index is -1.29. The van der Waals surface area contributed by atoms with Crippen LogP contribution in [-0.2, 0) is 16.0 Å². The molecule has 1 heterocycles. The second-order valence-corrected chi connectivity index (χ2v) is 5.67. The largest absolute Gasteiger partial charge is 0.548 e. The standard InChI is InChI=1S/C16H22N2O4/c1-11-9-18(10-12(2)22-11)16(21)17-14(15(19)20)8-13-6-4-3-5-7-13/h3-7,11-12,14H,8-10H2,1-2H3,(H,17,21)(H,19,20)/p-1/t11-,12-,14+/m1/s1. The lowest BCUT2D eigenvalue weighted by atomic mass is 10.1. The van der Waals surface area contributed by atoms with E-state index in [0.717, 1.165) is 5.56 Å². The summed E-state index contributed by atoms with van der Waals surface area (Å²) in [5, 5.41) is 13.8. The predicted molar refractivity (Wildman–Crippen MR) is 79.1 cm³/mol. The highest BCUT2D eigenvalue weighted by Gasteiger charge is 2.27. The van der Waals surface area contributed by atoms with E-state index < -0.39 is 18.0 Å². The highest BCUT2D eigenvalue weighted by atomic mass is 16.5. The summed E-state index contributed by atoms with van der Waals surface area (Å²) in [6.45, 7) is 4.66.